The highest BCUT2D eigenvalue weighted by molar-refractivity contribution is 5.79. The van der Waals surface area contributed by atoms with E-state index in [1.807, 2.05) is 36.4 Å². The molecular weight excluding hydrogens is 306 g/mol. The smallest absolute Gasteiger partial charge is 0.265 e. The van der Waals surface area contributed by atoms with Crippen LogP contribution in [-0.2, 0) is 0 Å². The minimum absolute atomic E-state index is 0.345. The van der Waals surface area contributed by atoms with Gasteiger partial charge in [-0.25, -0.2) is 4.68 Å². The highest BCUT2D eigenvalue weighted by Gasteiger charge is 2.12. The van der Waals surface area contributed by atoms with Gasteiger partial charge in [-0.15, -0.1) is 5.10 Å². The van der Waals surface area contributed by atoms with Crippen molar-refractivity contribution in [1.82, 2.24) is 29.9 Å². The largest absolute Gasteiger partial charge is 0.302 e. The van der Waals surface area contributed by atoms with Crippen molar-refractivity contribution in [3.05, 3.63) is 77.0 Å². The standard InChI is InChI=1S/C16H11N7O/c24-16-14-11-18-22(13-6-2-1-3-7-13)15(14)20-21-23(16)19-10-12-5-4-8-17-9-12/h1-11H/b19-10-. The van der Waals surface area contributed by atoms with Crippen molar-refractivity contribution in [1.29, 1.82) is 0 Å². The highest BCUT2D eigenvalue weighted by Crippen LogP contribution is 2.12. The van der Waals surface area contributed by atoms with E-state index in [2.05, 4.69) is 25.5 Å². The molecule has 0 fully saturated rings. The first-order valence-corrected chi connectivity index (χ1v) is 7.16. The Labute approximate surface area is 135 Å². The van der Waals surface area contributed by atoms with Crippen LogP contribution < -0.4 is 5.56 Å². The van der Waals surface area contributed by atoms with Gasteiger partial charge in [0.25, 0.3) is 0 Å². The maximum Gasteiger partial charge on any atom is 0.302 e. The van der Waals surface area contributed by atoms with Gasteiger partial charge in [-0.05, 0) is 23.4 Å². The van der Waals surface area contributed by atoms with Gasteiger partial charge in [0.2, 0.25) is 0 Å². The van der Waals surface area contributed by atoms with Crippen molar-refractivity contribution in [3.63, 3.8) is 0 Å². The van der Waals surface area contributed by atoms with E-state index in [4.69, 9.17) is 0 Å². The van der Waals surface area contributed by atoms with E-state index in [1.54, 1.807) is 23.1 Å². The van der Waals surface area contributed by atoms with Crippen LogP contribution in [0.1, 0.15) is 5.56 Å². The fraction of sp³-hybridized carbons (Fsp3) is 0. The zero-order valence-corrected chi connectivity index (χ0v) is 12.4. The molecule has 0 amide bonds. The molecule has 1 aromatic carbocycles. The number of para-hydroxylation sites is 1. The summed E-state index contributed by atoms with van der Waals surface area (Å²) in [5, 5.41) is 16.5. The van der Waals surface area contributed by atoms with Crippen LogP contribution in [0, 0.1) is 0 Å². The third-order valence-electron chi connectivity index (χ3n) is 3.38. The van der Waals surface area contributed by atoms with Crippen LogP contribution in [0.15, 0.2) is 71.0 Å². The normalized spacial score (nSPS) is 11.3. The molecule has 24 heavy (non-hydrogen) atoms. The molecule has 0 bridgehead atoms. The molecule has 0 saturated carbocycles. The summed E-state index contributed by atoms with van der Waals surface area (Å²) in [6, 6.07) is 13.0. The van der Waals surface area contributed by atoms with Gasteiger partial charge in [0.1, 0.15) is 5.39 Å². The maximum absolute atomic E-state index is 12.5. The summed E-state index contributed by atoms with van der Waals surface area (Å²) in [7, 11) is 0. The average Bonchev–Trinajstić information content (AvgIpc) is 3.08. The SMILES string of the molecule is O=c1c2cnn(-c3ccccc3)c2nnn1/N=C\c1cccnc1. The molecular formula is C16H11N7O. The summed E-state index contributed by atoms with van der Waals surface area (Å²) in [6.45, 7) is 0. The Morgan fingerprint density at radius 3 is 2.71 bits per heavy atom. The summed E-state index contributed by atoms with van der Waals surface area (Å²) >= 11 is 0. The minimum atomic E-state index is -0.387. The number of hydrogen-bond donors (Lipinski definition) is 0. The maximum atomic E-state index is 12.5. The summed E-state index contributed by atoms with van der Waals surface area (Å²) in [5.74, 6) is 0. The van der Waals surface area contributed by atoms with Gasteiger partial charge in [0.05, 0.1) is 18.1 Å². The van der Waals surface area contributed by atoms with E-state index in [1.165, 1.54) is 12.4 Å². The van der Waals surface area contributed by atoms with Crippen LogP contribution in [-0.4, -0.2) is 36.1 Å². The van der Waals surface area contributed by atoms with Gasteiger partial charge in [-0.1, -0.05) is 29.1 Å². The number of aromatic nitrogens is 6. The number of hydrogen-bond acceptors (Lipinski definition) is 6. The van der Waals surface area contributed by atoms with Crippen molar-refractivity contribution in [2.75, 3.05) is 0 Å². The number of nitrogens with zero attached hydrogens (tertiary/aromatic N) is 7. The molecule has 0 saturated heterocycles. The molecule has 0 unspecified atom stereocenters. The van der Waals surface area contributed by atoms with Gasteiger partial charge >= 0.3 is 5.56 Å². The lowest BCUT2D eigenvalue weighted by molar-refractivity contribution is 0.636. The molecule has 8 heteroatoms. The number of pyridine rings is 1. The first-order chi connectivity index (χ1) is 11.8. The first-order valence-electron chi connectivity index (χ1n) is 7.16. The van der Waals surface area contributed by atoms with Crippen molar-refractivity contribution in [2.24, 2.45) is 5.10 Å². The lowest BCUT2D eigenvalue weighted by Crippen LogP contribution is -2.21. The monoisotopic (exact) mass is 317 g/mol. The number of fused-ring (bicyclic) bond motifs is 1. The predicted molar refractivity (Wildman–Crippen MR) is 88.1 cm³/mol. The van der Waals surface area contributed by atoms with Crippen LogP contribution >= 0.6 is 0 Å². The summed E-state index contributed by atoms with van der Waals surface area (Å²) in [6.07, 6.45) is 6.26. The molecule has 8 nitrogen and oxygen atoms in total. The molecule has 4 aromatic rings. The molecule has 0 aliphatic heterocycles. The number of rotatable bonds is 3. The Morgan fingerprint density at radius 2 is 1.92 bits per heavy atom. The van der Waals surface area contributed by atoms with Crippen LogP contribution in [0.25, 0.3) is 16.7 Å². The van der Waals surface area contributed by atoms with E-state index in [9.17, 15) is 4.79 Å². The van der Waals surface area contributed by atoms with Gasteiger partial charge in [0.15, 0.2) is 5.65 Å². The molecule has 3 aromatic heterocycles. The Morgan fingerprint density at radius 1 is 1.04 bits per heavy atom. The van der Waals surface area contributed by atoms with Gasteiger partial charge in [0, 0.05) is 18.0 Å². The fourth-order valence-electron chi connectivity index (χ4n) is 2.23. The van der Waals surface area contributed by atoms with Gasteiger partial charge in [-0.2, -0.15) is 10.2 Å². The Bertz CT molecular complexity index is 1070. The van der Waals surface area contributed by atoms with E-state index in [0.29, 0.717) is 11.0 Å². The van der Waals surface area contributed by atoms with Crippen molar-refractivity contribution < 1.29 is 0 Å². The molecule has 0 spiro atoms. The molecule has 0 radical (unpaired) electrons. The summed E-state index contributed by atoms with van der Waals surface area (Å²) in [5.41, 5.74) is 1.56. The third-order valence-corrected chi connectivity index (χ3v) is 3.38. The van der Waals surface area contributed by atoms with Crippen LogP contribution in [0.5, 0.6) is 0 Å². The van der Waals surface area contributed by atoms with Crippen molar-refractivity contribution in [3.8, 4) is 5.69 Å². The second kappa shape index (κ2) is 5.84. The van der Waals surface area contributed by atoms with E-state index < -0.39 is 0 Å². The molecule has 0 aliphatic carbocycles. The fourth-order valence-corrected chi connectivity index (χ4v) is 2.23. The zero-order chi connectivity index (χ0) is 16.4. The van der Waals surface area contributed by atoms with E-state index >= 15 is 0 Å². The lowest BCUT2D eigenvalue weighted by atomic mass is 10.3. The first kappa shape index (κ1) is 13.9. The topological polar surface area (TPSA) is 90.8 Å². The number of benzene rings is 1. The molecule has 4 rings (SSSR count). The van der Waals surface area contributed by atoms with E-state index in [0.717, 1.165) is 16.0 Å². The Kier molecular flexibility index (Phi) is 3.39. The second-order valence-corrected chi connectivity index (χ2v) is 4.94. The van der Waals surface area contributed by atoms with Gasteiger partial charge < -0.3 is 0 Å². The molecule has 116 valence electrons. The quantitative estimate of drug-likeness (QED) is 0.530. The highest BCUT2D eigenvalue weighted by atomic mass is 16.1. The van der Waals surface area contributed by atoms with Crippen molar-refractivity contribution in [2.45, 2.75) is 0 Å². The lowest BCUT2D eigenvalue weighted by Gasteiger charge is -2.01. The van der Waals surface area contributed by atoms with Crippen LogP contribution in [0.2, 0.25) is 0 Å². The second-order valence-electron chi connectivity index (χ2n) is 4.94. The Hall–Kier alpha value is -3.68. The predicted octanol–water partition coefficient (Wildman–Crippen LogP) is 1.25. The summed E-state index contributed by atoms with van der Waals surface area (Å²) in [4.78, 5) is 17.4. The van der Waals surface area contributed by atoms with Gasteiger partial charge in [-0.3, -0.25) is 9.78 Å². The average molecular weight is 317 g/mol. The molecule has 0 aliphatic rings. The van der Waals surface area contributed by atoms with Crippen LogP contribution in [0.4, 0.5) is 0 Å². The zero-order valence-electron chi connectivity index (χ0n) is 12.4. The molecule has 0 atom stereocenters. The minimum Gasteiger partial charge on any atom is -0.265 e. The van der Waals surface area contributed by atoms with E-state index in [-0.39, 0.29) is 5.56 Å². The Balaban J connectivity index is 1.77. The molecule has 3 heterocycles. The third kappa shape index (κ3) is 2.45. The van der Waals surface area contributed by atoms with Crippen molar-refractivity contribution >= 4 is 17.2 Å². The molecule has 0 N–H and O–H groups in total. The van der Waals surface area contributed by atoms with Crippen LogP contribution in [0.3, 0.4) is 0 Å². The summed E-state index contributed by atoms with van der Waals surface area (Å²) < 4.78 is 1.57.